The molecule has 0 radical (unpaired) electrons. The van der Waals surface area contributed by atoms with Crippen molar-refractivity contribution >= 4 is 13.8 Å². The van der Waals surface area contributed by atoms with E-state index in [1.165, 1.54) is 0 Å². The molecule has 0 N–H and O–H groups in total. The molecule has 0 rings (SSSR count). The fourth-order valence-electron chi connectivity index (χ4n) is 5.23. The maximum Gasteiger partial charge on any atom is 0.306 e. The van der Waals surface area contributed by atoms with Crippen molar-refractivity contribution in [3.63, 3.8) is 0 Å². The number of carbonyl (C=O) groups is 1. The van der Waals surface area contributed by atoms with Crippen molar-refractivity contribution in [3.05, 3.63) is 134 Å². The van der Waals surface area contributed by atoms with E-state index in [0.717, 1.165) is 103 Å². The zero-order valence-corrected chi connectivity index (χ0v) is 39.7. The fraction of sp³-hybridized carbons (Fsp3) is 0.558. The Balaban J connectivity index is 4.37. The van der Waals surface area contributed by atoms with Gasteiger partial charge in [-0.3, -0.25) is 9.36 Å². The fourth-order valence-corrected chi connectivity index (χ4v) is 5.96. The molecule has 0 spiro atoms. The van der Waals surface area contributed by atoms with E-state index in [1.54, 1.807) is 0 Å². The minimum atomic E-state index is -4.56. The van der Waals surface area contributed by atoms with Gasteiger partial charge in [0.1, 0.15) is 19.3 Å². The third-order valence-electron chi connectivity index (χ3n) is 8.70. The molecule has 0 fully saturated rings. The van der Waals surface area contributed by atoms with Crippen LogP contribution < -0.4 is 4.89 Å². The Labute approximate surface area is 373 Å². The summed E-state index contributed by atoms with van der Waals surface area (Å²) in [5, 5.41) is 0. The van der Waals surface area contributed by atoms with Crippen LogP contribution in [0.2, 0.25) is 0 Å². The monoisotopic (exact) mass is 866 g/mol. The molecule has 0 saturated heterocycles. The van der Waals surface area contributed by atoms with Gasteiger partial charge in [-0.2, -0.15) is 0 Å². The van der Waals surface area contributed by atoms with Gasteiger partial charge in [0.15, 0.2) is 0 Å². The number of quaternary nitrogens is 1. The lowest BCUT2D eigenvalue weighted by molar-refractivity contribution is -0.870. The number of ether oxygens (including phenoxy) is 2. The first-order chi connectivity index (χ1) is 29.6. The standard InChI is InChI=1S/C52H84NO7P/c1-6-8-10-12-14-16-18-20-22-23-24-25-26-27-28-29-30-31-32-33-35-37-39-41-43-45-52(54)60-51(50-59-61(55,56)58-48-46-53(3,4)5)49-57-47-44-42-40-38-36-34-21-19-17-15-13-11-9-7-2/h8-11,14-17,20-22,24-25,27-28,30-31,33-35,38,40,51H,6-7,12-13,18-19,23,26,29,32,36-37,39,41-50H2,1-5H3/b10-8-,11-9-,16-14-,17-15-,22-20-,25-24-,28-27-,31-30-,34-21-,35-33-,40-38-. The molecule has 8 nitrogen and oxygen atoms in total. The van der Waals surface area contributed by atoms with Gasteiger partial charge in [0, 0.05) is 13.0 Å². The zero-order chi connectivity index (χ0) is 44.8. The molecule has 61 heavy (non-hydrogen) atoms. The third-order valence-corrected chi connectivity index (χ3v) is 9.66. The summed E-state index contributed by atoms with van der Waals surface area (Å²) in [5.41, 5.74) is 0. The molecule has 0 aliphatic heterocycles. The molecule has 9 heteroatoms. The zero-order valence-electron chi connectivity index (χ0n) is 38.8. The first-order valence-corrected chi connectivity index (χ1v) is 24.4. The Bertz CT molecular complexity index is 1420. The third kappa shape index (κ3) is 47.5. The lowest BCUT2D eigenvalue weighted by atomic mass is 10.1. The average molecular weight is 866 g/mol. The molecular weight excluding hydrogens is 782 g/mol. The Kier molecular flexibility index (Phi) is 40.9. The largest absolute Gasteiger partial charge is 0.756 e. The van der Waals surface area contributed by atoms with E-state index in [9.17, 15) is 14.3 Å². The number of likely N-dealkylation sites (N-methyl/N-ethyl adjacent to an activating group) is 1. The number of hydrogen-bond donors (Lipinski definition) is 0. The summed E-state index contributed by atoms with van der Waals surface area (Å²) in [6.07, 6.45) is 63.5. The minimum absolute atomic E-state index is 0.000224. The van der Waals surface area contributed by atoms with Crippen molar-refractivity contribution < 1.29 is 37.3 Å². The summed E-state index contributed by atoms with van der Waals surface area (Å²) in [6, 6.07) is 0. The molecule has 0 heterocycles. The number of nitrogens with zero attached hydrogens (tertiary/aromatic N) is 1. The highest BCUT2D eigenvalue weighted by Gasteiger charge is 2.20. The average Bonchev–Trinajstić information content (AvgIpc) is 3.22. The second kappa shape index (κ2) is 43.3. The lowest BCUT2D eigenvalue weighted by Crippen LogP contribution is -2.37. The molecule has 344 valence electrons. The summed E-state index contributed by atoms with van der Waals surface area (Å²) >= 11 is 0. The number of allylic oxidation sites excluding steroid dienone is 22. The highest BCUT2D eigenvalue weighted by atomic mass is 31.2. The van der Waals surface area contributed by atoms with Crippen LogP contribution in [0.15, 0.2) is 134 Å². The van der Waals surface area contributed by atoms with Gasteiger partial charge in [-0.05, 0) is 103 Å². The van der Waals surface area contributed by atoms with Crippen molar-refractivity contribution in [1.82, 2.24) is 0 Å². The van der Waals surface area contributed by atoms with Gasteiger partial charge in [-0.1, -0.05) is 154 Å². The van der Waals surface area contributed by atoms with Crippen molar-refractivity contribution in [2.24, 2.45) is 0 Å². The summed E-state index contributed by atoms with van der Waals surface area (Å²) in [7, 11) is 1.27. The van der Waals surface area contributed by atoms with E-state index in [1.807, 2.05) is 21.1 Å². The number of unbranched alkanes of at least 4 members (excludes halogenated alkanes) is 4. The van der Waals surface area contributed by atoms with Crippen LogP contribution in [0.3, 0.4) is 0 Å². The first kappa shape index (κ1) is 57.6. The van der Waals surface area contributed by atoms with Gasteiger partial charge in [0.2, 0.25) is 0 Å². The van der Waals surface area contributed by atoms with Crippen molar-refractivity contribution in [3.8, 4) is 0 Å². The number of phosphoric acid groups is 1. The molecule has 0 aromatic carbocycles. The Hall–Kier alpha value is -3.36. The van der Waals surface area contributed by atoms with Gasteiger partial charge < -0.3 is 27.9 Å². The predicted molar refractivity (Wildman–Crippen MR) is 258 cm³/mol. The molecule has 0 amide bonds. The second-order valence-electron chi connectivity index (χ2n) is 15.6. The normalized spacial score (nSPS) is 14.9. The molecule has 0 aromatic heterocycles. The van der Waals surface area contributed by atoms with Crippen LogP contribution in [0.5, 0.6) is 0 Å². The Morgan fingerprint density at radius 3 is 1.31 bits per heavy atom. The first-order valence-electron chi connectivity index (χ1n) is 22.9. The van der Waals surface area contributed by atoms with E-state index in [2.05, 4.69) is 148 Å². The van der Waals surface area contributed by atoms with Gasteiger partial charge in [-0.25, -0.2) is 0 Å². The van der Waals surface area contributed by atoms with Crippen molar-refractivity contribution in [2.45, 2.75) is 136 Å². The molecule has 2 unspecified atom stereocenters. The minimum Gasteiger partial charge on any atom is -0.756 e. The molecule has 0 aliphatic rings. The Morgan fingerprint density at radius 1 is 0.508 bits per heavy atom. The molecule has 0 saturated carbocycles. The van der Waals surface area contributed by atoms with Crippen LogP contribution in [-0.4, -0.2) is 70.7 Å². The molecular formula is C52H84NO7P. The maximum atomic E-state index is 12.7. The molecule has 0 aliphatic carbocycles. The van der Waals surface area contributed by atoms with Gasteiger partial charge in [-0.15, -0.1) is 0 Å². The number of esters is 1. The molecule has 0 bridgehead atoms. The van der Waals surface area contributed by atoms with Crippen LogP contribution in [0.1, 0.15) is 129 Å². The number of rotatable bonds is 40. The molecule has 0 aromatic rings. The summed E-state index contributed by atoms with van der Waals surface area (Å²) < 4.78 is 34.5. The van der Waals surface area contributed by atoms with E-state index in [4.69, 9.17) is 18.5 Å². The smallest absolute Gasteiger partial charge is 0.306 e. The summed E-state index contributed by atoms with van der Waals surface area (Å²) in [6.45, 7) is 4.93. The number of phosphoric ester groups is 1. The molecule has 2 atom stereocenters. The summed E-state index contributed by atoms with van der Waals surface area (Å²) in [5.74, 6) is -0.392. The van der Waals surface area contributed by atoms with Crippen molar-refractivity contribution in [1.29, 1.82) is 0 Å². The van der Waals surface area contributed by atoms with Crippen LogP contribution in [0.25, 0.3) is 0 Å². The van der Waals surface area contributed by atoms with E-state index in [-0.39, 0.29) is 26.2 Å². The number of carbonyl (C=O) groups excluding carboxylic acids is 1. The van der Waals surface area contributed by atoms with Gasteiger partial charge in [0.25, 0.3) is 7.82 Å². The quantitative estimate of drug-likeness (QED) is 0.0199. The maximum absolute atomic E-state index is 12.7. The topological polar surface area (TPSA) is 94.1 Å². The van der Waals surface area contributed by atoms with Crippen molar-refractivity contribution in [2.75, 3.05) is 54.1 Å². The highest BCUT2D eigenvalue weighted by molar-refractivity contribution is 7.45. The highest BCUT2D eigenvalue weighted by Crippen LogP contribution is 2.38. The summed E-state index contributed by atoms with van der Waals surface area (Å²) in [4.78, 5) is 25.1. The predicted octanol–water partition coefficient (Wildman–Crippen LogP) is 13.3. The van der Waals surface area contributed by atoms with E-state index < -0.39 is 19.9 Å². The second-order valence-corrected chi connectivity index (χ2v) is 17.1. The van der Waals surface area contributed by atoms with Crippen LogP contribution in [0.4, 0.5) is 0 Å². The SMILES string of the molecule is CC/C=C\C/C=C\C/C=C\C/C=C\C/C=C\C/C=C\C/C=C\CCCCCC(=O)OC(COCCC/C=C\C/C=C\C/C=C\C/C=C\CC)COP(=O)([O-])OCC[N+](C)(C)C. The van der Waals surface area contributed by atoms with Crippen LogP contribution in [0, 0.1) is 0 Å². The van der Waals surface area contributed by atoms with Crippen LogP contribution in [-0.2, 0) is 27.9 Å². The number of hydrogen-bond acceptors (Lipinski definition) is 7. The van der Waals surface area contributed by atoms with Crippen LogP contribution >= 0.6 is 7.82 Å². The van der Waals surface area contributed by atoms with E-state index in [0.29, 0.717) is 24.1 Å². The Morgan fingerprint density at radius 2 is 0.902 bits per heavy atom. The lowest BCUT2D eigenvalue weighted by Gasteiger charge is -2.28. The van der Waals surface area contributed by atoms with Gasteiger partial charge >= 0.3 is 5.97 Å². The van der Waals surface area contributed by atoms with E-state index >= 15 is 0 Å². The van der Waals surface area contributed by atoms with Gasteiger partial charge in [0.05, 0.1) is 34.4 Å².